The molecule has 0 unspecified atom stereocenters. The Morgan fingerprint density at radius 3 is 1.31 bits per heavy atom. The molecule has 0 saturated carbocycles. The van der Waals surface area contributed by atoms with Crippen LogP contribution in [0.2, 0.25) is 0 Å². The predicted molar refractivity (Wildman–Crippen MR) is 150 cm³/mol. The van der Waals surface area contributed by atoms with Crippen LogP contribution in [0.4, 0.5) is 0 Å². The van der Waals surface area contributed by atoms with Crippen molar-refractivity contribution in [1.82, 2.24) is 10.2 Å². The fraction of sp³-hybridized carbons (Fsp3) is 0.0312. The third-order valence-electron chi connectivity index (χ3n) is 6.07. The summed E-state index contributed by atoms with van der Waals surface area (Å²) >= 11 is 0. The minimum absolute atomic E-state index is 0.257. The first-order chi connectivity index (χ1) is 18.9. The van der Waals surface area contributed by atoms with Gasteiger partial charge in [0.2, 0.25) is 11.8 Å². The Labute approximate surface area is 224 Å². The van der Waals surface area contributed by atoms with Gasteiger partial charge in [-0.25, -0.2) is 4.79 Å². The van der Waals surface area contributed by atoms with Gasteiger partial charge in [0.15, 0.2) is 6.29 Å². The van der Waals surface area contributed by atoms with Crippen molar-refractivity contribution < 1.29 is 24.5 Å². The van der Waals surface area contributed by atoms with Crippen LogP contribution in [0.15, 0.2) is 101 Å². The van der Waals surface area contributed by atoms with Gasteiger partial charge in [0, 0.05) is 16.7 Å². The quantitative estimate of drug-likeness (QED) is 0.161. The standard InChI is InChI=1S/C32H24N2O5/c35-31(36)27-17-9-23(10-18-27)3-1-21-5-13-25(14-6-21)29-33-34-30(39-29)26-15-7-22(8-16-26)2-4-24-11-19-28(20-12-24)32(37)38/h1-20,31,35-36H,(H,37,38). The second kappa shape index (κ2) is 11.5. The van der Waals surface area contributed by atoms with Gasteiger partial charge in [-0.1, -0.05) is 85.0 Å². The van der Waals surface area contributed by atoms with Crippen LogP contribution < -0.4 is 0 Å². The number of hydrogen-bond donors (Lipinski definition) is 3. The van der Waals surface area contributed by atoms with E-state index in [2.05, 4.69) is 10.2 Å². The van der Waals surface area contributed by atoms with Gasteiger partial charge < -0.3 is 19.7 Å². The lowest BCUT2D eigenvalue weighted by Gasteiger charge is -2.03. The normalized spacial score (nSPS) is 11.6. The fourth-order valence-electron chi connectivity index (χ4n) is 3.83. The number of aliphatic hydroxyl groups is 2. The number of carboxylic acid groups (broad SMARTS) is 1. The van der Waals surface area contributed by atoms with Crippen LogP contribution in [-0.4, -0.2) is 31.5 Å². The summed E-state index contributed by atoms with van der Waals surface area (Å²) < 4.78 is 5.91. The van der Waals surface area contributed by atoms with Gasteiger partial charge in [-0.05, 0) is 58.7 Å². The summed E-state index contributed by atoms with van der Waals surface area (Å²) in [7, 11) is 0. The molecule has 0 bridgehead atoms. The maximum absolute atomic E-state index is 11.0. The first-order valence-corrected chi connectivity index (χ1v) is 12.1. The molecule has 5 aromatic rings. The molecule has 7 nitrogen and oxygen atoms in total. The van der Waals surface area contributed by atoms with Crippen LogP contribution in [0.1, 0.15) is 44.5 Å². The summed E-state index contributed by atoms with van der Waals surface area (Å²) in [5.41, 5.74) is 6.14. The summed E-state index contributed by atoms with van der Waals surface area (Å²) in [6.07, 6.45) is 6.31. The van der Waals surface area contributed by atoms with Crippen molar-refractivity contribution in [2.75, 3.05) is 0 Å². The fourth-order valence-corrected chi connectivity index (χ4v) is 3.83. The van der Waals surface area contributed by atoms with Crippen molar-refractivity contribution in [1.29, 1.82) is 0 Å². The number of aliphatic hydroxyl groups excluding tert-OH is 1. The number of benzene rings is 4. The summed E-state index contributed by atoms with van der Waals surface area (Å²) in [6.45, 7) is 0. The van der Waals surface area contributed by atoms with Gasteiger partial charge in [0.1, 0.15) is 0 Å². The van der Waals surface area contributed by atoms with E-state index < -0.39 is 12.3 Å². The van der Waals surface area contributed by atoms with E-state index in [0.29, 0.717) is 17.3 Å². The monoisotopic (exact) mass is 516 g/mol. The van der Waals surface area contributed by atoms with E-state index in [1.54, 1.807) is 36.4 Å². The molecule has 0 fully saturated rings. The average molecular weight is 517 g/mol. The van der Waals surface area contributed by atoms with Crippen molar-refractivity contribution in [2.45, 2.75) is 6.29 Å². The number of nitrogens with zero attached hydrogens (tertiary/aromatic N) is 2. The average Bonchev–Trinajstić information content (AvgIpc) is 3.46. The minimum atomic E-state index is -1.47. The van der Waals surface area contributed by atoms with E-state index in [4.69, 9.17) is 9.52 Å². The number of rotatable bonds is 8. The second-order valence-corrected chi connectivity index (χ2v) is 8.79. The smallest absolute Gasteiger partial charge is 0.335 e. The molecule has 1 aromatic heterocycles. The maximum atomic E-state index is 11.0. The first-order valence-electron chi connectivity index (χ1n) is 12.1. The molecule has 0 aliphatic carbocycles. The highest BCUT2D eigenvalue weighted by Gasteiger charge is 2.10. The lowest BCUT2D eigenvalue weighted by molar-refractivity contribution is -0.0424. The molecule has 0 atom stereocenters. The Kier molecular flexibility index (Phi) is 7.54. The molecule has 0 aliphatic heterocycles. The molecule has 39 heavy (non-hydrogen) atoms. The molecular weight excluding hydrogens is 492 g/mol. The van der Waals surface area contributed by atoms with Crippen molar-refractivity contribution in [3.63, 3.8) is 0 Å². The summed E-state index contributed by atoms with van der Waals surface area (Å²) in [4.78, 5) is 11.0. The molecule has 0 saturated heterocycles. The molecule has 0 spiro atoms. The number of carboxylic acids is 1. The van der Waals surface area contributed by atoms with Crippen molar-refractivity contribution >= 4 is 30.3 Å². The number of hydrogen-bond acceptors (Lipinski definition) is 6. The highest BCUT2D eigenvalue weighted by molar-refractivity contribution is 5.88. The summed E-state index contributed by atoms with van der Waals surface area (Å²) in [6, 6.07) is 29.1. The maximum Gasteiger partial charge on any atom is 0.335 e. The Bertz CT molecular complexity index is 1610. The zero-order chi connectivity index (χ0) is 27.2. The van der Waals surface area contributed by atoms with Crippen molar-refractivity contribution in [3.05, 3.63) is 130 Å². The Morgan fingerprint density at radius 1 is 0.590 bits per heavy atom. The summed E-state index contributed by atoms with van der Waals surface area (Å²) in [5, 5.41) is 35.8. The van der Waals surface area contributed by atoms with Gasteiger partial charge >= 0.3 is 5.97 Å². The van der Waals surface area contributed by atoms with Crippen LogP contribution in [0, 0.1) is 0 Å². The molecule has 5 rings (SSSR count). The zero-order valence-electron chi connectivity index (χ0n) is 20.7. The van der Waals surface area contributed by atoms with Gasteiger partial charge in [-0.3, -0.25) is 0 Å². The number of aromatic nitrogens is 2. The van der Waals surface area contributed by atoms with Crippen LogP contribution in [0.5, 0.6) is 0 Å². The topological polar surface area (TPSA) is 117 Å². The predicted octanol–water partition coefficient (Wildman–Crippen LogP) is 6.43. The van der Waals surface area contributed by atoms with E-state index in [9.17, 15) is 15.0 Å². The van der Waals surface area contributed by atoms with Crippen LogP contribution in [-0.2, 0) is 0 Å². The van der Waals surface area contributed by atoms with Gasteiger partial charge in [-0.15, -0.1) is 10.2 Å². The van der Waals surface area contributed by atoms with Crippen LogP contribution in [0.25, 0.3) is 47.2 Å². The van der Waals surface area contributed by atoms with Crippen molar-refractivity contribution in [2.24, 2.45) is 0 Å². The lowest BCUT2D eigenvalue weighted by atomic mass is 10.1. The molecule has 192 valence electrons. The Hall–Kier alpha value is -5.11. The molecule has 7 heteroatoms. The van der Waals surface area contributed by atoms with Gasteiger partial charge in [0.05, 0.1) is 5.56 Å². The molecule has 1 heterocycles. The number of aromatic carboxylic acids is 1. The molecule has 0 radical (unpaired) electrons. The van der Waals surface area contributed by atoms with E-state index in [0.717, 1.165) is 33.4 Å². The zero-order valence-corrected chi connectivity index (χ0v) is 20.7. The molecule has 0 aliphatic rings. The SMILES string of the molecule is O=C(O)c1ccc(C=Cc2ccc(-c3nnc(-c4ccc(C=Cc5ccc(C(O)O)cc5)cc4)o3)cc2)cc1. The number of carbonyl (C=O) groups is 1. The van der Waals surface area contributed by atoms with Crippen LogP contribution >= 0.6 is 0 Å². The van der Waals surface area contributed by atoms with E-state index in [1.807, 2.05) is 85.0 Å². The van der Waals surface area contributed by atoms with E-state index in [-0.39, 0.29) is 5.56 Å². The molecule has 0 amide bonds. The molecular formula is C32H24N2O5. The van der Waals surface area contributed by atoms with Crippen molar-refractivity contribution in [3.8, 4) is 22.9 Å². The molecule has 4 aromatic carbocycles. The third kappa shape index (κ3) is 6.42. The Morgan fingerprint density at radius 2 is 0.949 bits per heavy atom. The first kappa shape index (κ1) is 25.5. The van der Waals surface area contributed by atoms with Gasteiger partial charge in [-0.2, -0.15) is 0 Å². The second-order valence-electron chi connectivity index (χ2n) is 8.79. The van der Waals surface area contributed by atoms with E-state index >= 15 is 0 Å². The third-order valence-corrected chi connectivity index (χ3v) is 6.07. The summed E-state index contributed by atoms with van der Waals surface area (Å²) in [5.74, 6) is -0.0988. The van der Waals surface area contributed by atoms with Gasteiger partial charge in [0.25, 0.3) is 0 Å². The largest absolute Gasteiger partial charge is 0.478 e. The highest BCUT2D eigenvalue weighted by Crippen LogP contribution is 2.25. The highest BCUT2D eigenvalue weighted by atomic mass is 16.5. The minimum Gasteiger partial charge on any atom is -0.478 e. The lowest BCUT2D eigenvalue weighted by Crippen LogP contribution is -1.94. The van der Waals surface area contributed by atoms with E-state index in [1.165, 1.54) is 0 Å². The Balaban J connectivity index is 1.22. The molecule has 3 N–H and O–H groups in total. The van der Waals surface area contributed by atoms with Crippen LogP contribution in [0.3, 0.4) is 0 Å².